The summed E-state index contributed by atoms with van der Waals surface area (Å²) < 4.78 is 3.07. The van der Waals surface area contributed by atoms with Gasteiger partial charge >= 0.3 is 0 Å². The molecule has 0 saturated heterocycles. The van der Waals surface area contributed by atoms with E-state index in [1.54, 1.807) is 12.4 Å². The molecule has 2 N–H and O–H groups in total. The van der Waals surface area contributed by atoms with E-state index in [4.69, 9.17) is 0 Å². The molecule has 1 amide bonds. The van der Waals surface area contributed by atoms with Gasteiger partial charge < -0.3 is 15.2 Å². The average molecular weight is 383 g/mol. The van der Waals surface area contributed by atoms with Crippen LogP contribution in [0.5, 0.6) is 0 Å². The Morgan fingerprint density at radius 3 is 2.71 bits per heavy atom. The van der Waals surface area contributed by atoms with Gasteiger partial charge in [0.25, 0.3) is 5.91 Å². The zero-order valence-corrected chi connectivity index (χ0v) is 14.3. The van der Waals surface area contributed by atoms with Crippen molar-refractivity contribution in [3.63, 3.8) is 0 Å². The first-order valence-corrected chi connectivity index (χ1v) is 8.41. The Morgan fingerprint density at radius 1 is 1.08 bits per heavy atom. The third-order valence-electron chi connectivity index (χ3n) is 3.97. The standard InChI is InChI=1S/C18H15BrN4O/c19-13-7-5-12(6-8-13)9-23-10-16(20-11-23)17-21-15-4-2-1-3-14(15)18(24)22-17/h1-8,10-11,17,21H,9H2,(H,22,24). The molecular weight excluding hydrogens is 368 g/mol. The van der Waals surface area contributed by atoms with Gasteiger partial charge in [-0.3, -0.25) is 4.79 Å². The van der Waals surface area contributed by atoms with Crippen LogP contribution in [-0.4, -0.2) is 15.5 Å². The van der Waals surface area contributed by atoms with Crippen LogP contribution in [0.25, 0.3) is 0 Å². The summed E-state index contributed by atoms with van der Waals surface area (Å²) in [4.78, 5) is 16.6. The molecule has 3 aromatic rings. The number of hydrogen-bond acceptors (Lipinski definition) is 3. The number of halogens is 1. The lowest BCUT2D eigenvalue weighted by Gasteiger charge is -2.26. The predicted molar refractivity (Wildman–Crippen MR) is 95.7 cm³/mol. The van der Waals surface area contributed by atoms with E-state index in [1.165, 1.54) is 5.56 Å². The second kappa shape index (κ2) is 6.13. The predicted octanol–water partition coefficient (Wildman–Crippen LogP) is 3.55. The first-order valence-electron chi connectivity index (χ1n) is 7.61. The molecule has 24 heavy (non-hydrogen) atoms. The summed E-state index contributed by atoms with van der Waals surface area (Å²) in [5, 5.41) is 6.26. The fraction of sp³-hybridized carbons (Fsp3) is 0.111. The van der Waals surface area contributed by atoms with E-state index in [1.807, 2.05) is 41.1 Å². The minimum atomic E-state index is -0.321. The van der Waals surface area contributed by atoms with Gasteiger partial charge in [0.15, 0.2) is 0 Å². The molecular formula is C18H15BrN4O. The van der Waals surface area contributed by atoms with Crippen LogP contribution in [0.4, 0.5) is 5.69 Å². The molecule has 1 aliphatic heterocycles. The first-order chi connectivity index (χ1) is 11.7. The van der Waals surface area contributed by atoms with Crippen molar-refractivity contribution in [2.45, 2.75) is 12.7 Å². The summed E-state index contributed by atoms with van der Waals surface area (Å²) >= 11 is 3.44. The molecule has 1 unspecified atom stereocenters. The van der Waals surface area contributed by atoms with Crippen molar-refractivity contribution in [2.75, 3.05) is 5.32 Å². The molecule has 5 nitrogen and oxygen atoms in total. The molecule has 0 fully saturated rings. The zero-order chi connectivity index (χ0) is 16.5. The van der Waals surface area contributed by atoms with Gasteiger partial charge in [-0.2, -0.15) is 0 Å². The molecule has 4 rings (SSSR count). The monoisotopic (exact) mass is 382 g/mol. The summed E-state index contributed by atoms with van der Waals surface area (Å²) in [5.74, 6) is -0.0863. The van der Waals surface area contributed by atoms with Gasteiger partial charge in [-0.25, -0.2) is 4.98 Å². The highest BCUT2D eigenvalue weighted by molar-refractivity contribution is 9.10. The molecule has 0 spiro atoms. The number of aromatic nitrogens is 2. The summed E-state index contributed by atoms with van der Waals surface area (Å²) in [6.07, 6.45) is 3.41. The normalized spacial score (nSPS) is 16.2. The number of hydrogen-bond donors (Lipinski definition) is 2. The molecule has 0 bridgehead atoms. The number of amides is 1. The number of imidazole rings is 1. The Morgan fingerprint density at radius 2 is 1.88 bits per heavy atom. The van der Waals surface area contributed by atoms with Crippen LogP contribution in [0, 0.1) is 0 Å². The molecule has 0 aliphatic carbocycles. The lowest BCUT2D eigenvalue weighted by atomic mass is 10.1. The summed E-state index contributed by atoms with van der Waals surface area (Å²) in [7, 11) is 0. The van der Waals surface area contributed by atoms with E-state index >= 15 is 0 Å². The quantitative estimate of drug-likeness (QED) is 0.727. The highest BCUT2D eigenvalue weighted by atomic mass is 79.9. The molecule has 0 saturated carbocycles. The number of anilines is 1. The number of carbonyl (C=O) groups excluding carboxylic acids is 1. The van der Waals surface area contributed by atoms with Crippen LogP contribution in [0.3, 0.4) is 0 Å². The van der Waals surface area contributed by atoms with E-state index in [-0.39, 0.29) is 12.1 Å². The number of carbonyl (C=O) groups is 1. The zero-order valence-electron chi connectivity index (χ0n) is 12.7. The lowest BCUT2D eigenvalue weighted by Crippen LogP contribution is -2.38. The van der Waals surface area contributed by atoms with Crippen LogP contribution in [0.2, 0.25) is 0 Å². The van der Waals surface area contributed by atoms with Crippen molar-refractivity contribution in [2.24, 2.45) is 0 Å². The van der Waals surface area contributed by atoms with Crippen molar-refractivity contribution in [1.82, 2.24) is 14.9 Å². The van der Waals surface area contributed by atoms with Crippen LogP contribution >= 0.6 is 15.9 Å². The first kappa shape index (κ1) is 15.0. The van der Waals surface area contributed by atoms with E-state index in [9.17, 15) is 4.79 Å². The van der Waals surface area contributed by atoms with Crippen molar-refractivity contribution in [3.8, 4) is 0 Å². The molecule has 2 aromatic carbocycles. The average Bonchev–Trinajstić information content (AvgIpc) is 3.05. The molecule has 6 heteroatoms. The van der Waals surface area contributed by atoms with E-state index in [0.717, 1.165) is 22.4 Å². The van der Waals surface area contributed by atoms with Gasteiger partial charge in [0.05, 0.1) is 11.9 Å². The fourth-order valence-electron chi connectivity index (χ4n) is 2.77. The Hall–Kier alpha value is -2.60. The number of nitrogens with zero attached hydrogens (tertiary/aromatic N) is 2. The van der Waals surface area contributed by atoms with Crippen LogP contribution in [-0.2, 0) is 6.54 Å². The summed E-state index contributed by atoms with van der Waals surface area (Å²) in [5.41, 5.74) is 3.46. The van der Waals surface area contributed by atoms with Crippen molar-refractivity contribution in [1.29, 1.82) is 0 Å². The topological polar surface area (TPSA) is 59.0 Å². The van der Waals surface area contributed by atoms with E-state index in [2.05, 4.69) is 43.7 Å². The third kappa shape index (κ3) is 2.92. The van der Waals surface area contributed by atoms with Gasteiger partial charge in [-0.1, -0.05) is 40.2 Å². The van der Waals surface area contributed by atoms with E-state index < -0.39 is 0 Å². The molecule has 0 radical (unpaired) electrons. The van der Waals surface area contributed by atoms with Crippen molar-refractivity contribution >= 4 is 27.5 Å². The third-order valence-corrected chi connectivity index (χ3v) is 4.50. The largest absolute Gasteiger partial charge is 0.360 e. The lowest BCUT2D eigenvalue weighted by molar-refractivity contribution is 0.0935. The Kier molecular flexibility index (Phi) is 3.82. The summed E-state index contributed by atoms with van der Waals surface area (Å²) in [6.45, 7) is 0.734. The fourth-order valence-corrected chi connectivity index (χ4v) is 3.03. The maximum Gasteiger partial charge on any atom is 0.255 e. The smallest absolute Gasteiger partial charge is 0.255 e. The molecule has 1 aromatic heterocycles. The SMILES string of the molecule is O=C1NC(c2cn(Cc3ccc(Br)cc3)cn2)Nc2ccccc21. The molecule has 1 aliphatic rings. The Bertz CT molecular complexity index is 888. The van der Waals surface area contributed by atoms with Gasteiger partial charge in [0.2, 0.25) is 0 Å². The number of para-hydroxylation sites is 1. The Labute approximate surface area is 147 Å². The van der Waals surface area contributed by atoms with Gasteiger partial charge in [0, 0.05) is 22.9 Å². The molecule has 1 atom stereocenters. The molecule has 2 heterocycles. The number of fused-ring (bicyclic) bond motifs is 1. The van der Waals surface area contributed by atoms with Gasteiger partial charge in [-0.15, -0.1) is 0 Å². The number of benzene rings is 2. The maximum atomic E-state index is 12.2. The van der Waals surface area contributed by atoms with E-state index in [0.29, 0.717) is 5.56 Å². The minimum Gasteiger partial charge on any atom is -0.360 e. The number of nitrogens with one attached hydrogen (secondary N) is 2. The second-order valence-corrected chi connectivity index (χ2v) is 6.61. The minimum absolute atomic E-state index is 0.0863. The van der Waals surface area contributed by atoms with Gasteiger partial charge in [-0.05, 0) is 29.8 Å². The second-order valence-electron chi connectivity index (χ2n) is 5.69. The maximum absolute atomic E-state index is 12.2. The van der Waals surface area contributed by atoms with Crippen molar-refractivity contribution < 1.29 is 4.79 Å². The highest BCUT2D eigenvalue weighted by Crippen LogP contribution is 2.25. The van der Waals surface area contributed by atoms with Crippen molar-refractivity contribution in [3.05, 3.63) is 82.3 Å². The number of rotatable bonds is 3. The van der Waals surface area contributed by atoms with Gasteiger partial charge in [0.1, 0.15) is 11.9 Å². The summed E-state index contributed by atoms with van der Waals surface area (Å²) in [6, 6.07) is 15.7. The van der Waals surface area contributed by atoms with Crippen LogP contribution in [0.1, 0.15) is 27.8 Å². The van der Waals surface area contributed by atoms with Crippen LogP contribution < -0.4 is 10.6 Å². The Balaban J connectivity index is 1.53. The highest BCUT2D eigenvalue weighted by Gasteiger charge is 2.25. The van der Waals surface area contributed by atoms with Crippen LogP contribution in [0.15, 0.2) is 65.5 Å². The molecule has 120 valence electrons.